The maximum atomic E-state index is 12.6. The lowest BCUT2D eigenvalue weighted by Gasteiger charge is -2.13. The lowest BCUT2D eigenvalue weighted by molar-refractivity contribution is 0.102. The van der Waals surface area contributed by atoms with Crippen molar-refractivity contribution in [1.82, 2.24) is 4.72 Å². The molecule has 1 atom stereocenters. The second kappa shape index (κ2) is 8.70. The Morgan fingerprint density at radius 1 is 1.26 bits per heavy atom. The molecule has 1 amide bonds. The number of carbonyl (C=O) groups excluding carboxylic acids is 1. The Labute approximate surface area is 171 Å². The monoisotopic (exact) mass is 472 g/mol. The number of amides is 1. The topological polar surface area (TPSA) is 84.5 Å². The van der Waals surface area contributed by atoms with Gasteiger partial charge in [-0.1, -0.05) is 33.6 Å². The van der Waals surface area contributed by atoms with Gasteiger partial charge in [0.1, 0.15) is 4.90 Å². The van der Waals surface area contributed by atoms with Gasteiger partial charge in [0, 0.05) is 28.9 Å². The van der Waals surface area contributed by atoms with Crippen molar-refractivity contribution in [3.8, 4) is 0 Å². The lowest BCUT2D eigenvalue weighted by Crippen LogP contribution is -2.32. The molecule has 0 aliphatic carbocycles. The molecule has 0 radical (unpaired) electrons. The summed E-state index contributed by atoms with van der Waals surface area (Å²) in [5, 5.41) is 2.78. The van der Waals surface area contributed by atoms with Crippen molar-refractivity contribution in [3.05, 3.63) is 57.5 Å². The summed E-state index contributed by atoms with van der Waals surface area (Å²) in [5.41, 5.74) is 0.780. The van der Waals surface area contributed by atoms with E-state index in [1.165, 1.54) is 18.2 Å². The molecule has 6 nitrogen and oxygen atoms in total. The lowest BCUT2D eigenvalue weighted by atomic mass is 10.2. The maximum Gasteiger partial charge on any atom is 0.255 e. The van der Waals surface area contributed by atoms with E-state index in [1.54, 1.807) is 18.2 Å². The summed E-state index contributed by atoms with van der Waals surface area (Å²) in [6, 6.07) is 11.3. The number of ether oxygens (including phenoxy) is 1. The molecule has 1 aliphatic rings. The summed E-state index contributed by atoms with van der Waals surface area (Å²) >= 11 is 9.41. The number of nitrogens with one attached hydrogen (secondary N) is 2. The molecular weight excluding hydrogens is 456 g/mol. The van der Waals surface area contributed by atoms with Gasteiger partial charge in [0.25, 0.3) is 5.91 Å². The van der Waals surface area contributed by atoms with Crippen LogP contribution in [0.3, 0.4) is 0 Å². The summed E-state index contributed by atoms with van der Waals surface area (Å²) in [6.45, 7) is 0.811. The fourth-order valence-electron chi connectivity index (χ4n) is 2.71. The number of carbonyl (C=O) groups is 1. The predicted molar refractivity (Wildman–Crippen MR) is 108 cm³/mol. The van der Waals surface area contributed by atoms with Crippen molar-refractivity contribution >= 4 is 49.1 Å². The van der Waals surface area contributed by atoms with Crippen LogP contribution in [0, 0.1) is 0 Å². The molecule has 0 spiro atoms. The van der Waals surface area contributed by atoms with Gasteiger partial charge in [-0.3, -0.25) is 4.79 Å². The van der Waals surface area contributed by atoms with Crippen molar-refractivity contribution < 1.29 is 17.9 Å². The second-order valence-corrected chi connectivity index (χ2v) is 9.15. The van der Waals surface area contributed by atoms with Crippen LogP contribution in [0.1, 0.15) is 23.2 Å². The average Bonchev–Trinajstić information content (AvgIpc) is 3.14. The highest BCUT2D eigenvalue weighted by atomic mass is 79.9. The largest absolute Gasteiger partial charge is 0.377 e. The fraction of sp³-hybridized carbons (Fsp3) is 0.278. The third kappa shape index (κ3) is 5.30. The van der Waals surface area contributed by atoms with Crippen molar-refractivity contribution in [2.75, 3.05) is 18.5 Å². The zero-order valence-corrected chi connectivity index (χ0v) is 17.4. The first-order valence-electron chi connectivity index (χ1n) is 8.33. The number of halogens is 2. The van der Waals surface area contributed by atoms with Gasteiger partial charge in [0.05, 0.1) is 11.1 Å². The smallest absolute Gasteiger partial charge is 0.255 e. The van der Waals surface area contributed by atoms with E-state index in [-0.39, 0.29) is 28.1 Å². The quantitative estimate of drug-likeness (QED) is 0.668. The molecule has 1 fully saturated rings. The molecule has 1 unspecified atom stereocenters. The number of benzene rings is 2. The summed E-state index contributed by atoms with van der Waals surface area (Å²) in [7, 11) is -3.86. The molecule has 0 saturated carbocycles. The minimum Gasteiger partial charge on any atom is -0.377 e. The van der Waals surface area contributed by atoms with Crippen LogP contribution in [-0.2, 0) is 14.8 Å². The highest BCUT2D eigenvalue weighted by molar-refractivity contribution is 9.10. The van der Waals surface area contributed by atoms with Crippen LogP contribution in [0.15, 0.2) is 51.8 Å². The van der Waals surface area contributed by atoms with Gasteiger partial charge >= 0.3 is 0 Å². The summed E-state index contributed by atoms with van der Waals surface area (Å²) < 4.78 is 33.9. The van der Waals surface area contributed by atoms with E-state index in [2.05, 4.69) is 26.0 Å². The first-order valence-corrected chi connectivity index (χ1v) is 11.0. The zero-order valence-electron chi connectivity index (χ0n) is 14.2. The molecule has 27 heavy (non-hydrogen) atoms. The number of rotatable bonds is 6. The second-order valence-electron chi connectivity index (χ2n) is 6.10. The van der Waals surface area contributed by atoms with E-state index in [0.717, 1.165) is 17.3 Å². The molecule has 2 aromatic carbocycles. The first-order chi connectivity index (χ1) is 12.8. The standard InChI is InChI=1S/C18H18BrClN2O4S/c19-13-3-1-4-14(10-13)22-18(23)12-6-7-16(20)17(9-12)27(24,25)21-11-15-5-2-8-26-15/h1,3-4,6-7,9-10,15,21H,2,5,8,11H2,(H,22,23). The number of hydrogen-bond acceptors (Lipinski definition) is 4. The van der Waals surface area contributed by atoms with Gasteiger partial charge in [-0.15, -0.1) is 0 Å². The molecular formula is C18H18BrClN2O4S. The van der Waals surface area contributed by atoms with Crippen LogP contribution in [0.4, 0.5) is 5.69 Å². The average molecular weight is 474 g/mol. The maximum absolute atomic E-state index is 12.6. The molecule has 144 valence electrons. The van der Waals surface area contributed by atoms with Crippen LogP contribution in [0.2, 0.25) is 5.02 Å². The Morgan fingerprint density at radius 2 is 2.07 bits per heavy atom. The molecule has 0 aromatic heterocycles. The zero-order chi connectivity index (χ0) is 19.4. The van der Waals surface area contributed by atoms with Crippen LogP contribution in [0.25, 0.3) is 0 Å². The molecule has 0 bridgehead atoms. The molecule has 1 aliphatic heterocycles. The van der Waals surface area contributed by atoms with Gasteiger partial charge < -0.3 is 10.1 Å². The fourth-order valence-corrected chi connectivity index (χ4v) is 4.69. The molecule has 9 heteroatoms. The Bertz CT molecular complexity index is 946. The molecule has 1 saturated heterocycles. The van der Waals surface area contributed by atoms with Crippen LogP contribution >= 0.6 is 27.5 Å². The van der Waals surface area contributed by atoms with E-state index < -0.39 is 15.9 Å². The Balaban J connectivity index is 1.77. The number of anilines is 1. The normalized spacial score (nSPS) is 17.0. The molecule has 3 rings (SSSR count). The highest BCUT2D eigenvalue weighted by Gasteiger charge is 2.23. The third-order valence-electron chi connectivity index (χ3n) is 4.09. The number of hydrogen-bond donors (Lipinski definition) is 2. The van der Waals surface area contributed by atoms with Gasteiger partial charge in [0.15, 0.2) is 0 Å². The van der Waals surface area contributed by atoms with E-state index in [9.17, 15) is 13.2 Å². The molecule has 2 aromatic rings. The third-order valence-corrected chi connectivity index (χ3v) is 6.49. The summed E-state index contributed by atoms with van der Waals surface area (Å²) in [6.07, 6.45) is 1.59. The minimum absolute atomic E-state index is 0.0499. The Morgan fingerprint density at radius 3 is 2.78 bits per heavy atom. The number of sulfonamides is 1. The van der Waals surface area contributed by atoms with Gasteiger partial charge in [-0.25, -0.2) is 13.1 Å². The summed E-state index contributed by atoms with van der Waals surface area (Å²) in [4.78, 5) is 12.3. The van der Waals surface area contributed by atoms with Crippen LogP contribution in [-0.4, -0.2) is 33.6 Å². The highest BCUT2D eigenvalue weighted by Crippen LogP contribution is 2.24. The van der Waals surface area contributed by atoms with E-state index in [4.69, 9.17) is 16.3 Å². The van der Waals surface area contributed by atoms with Crippen molar-refractivity contribution in [1.29, 1.82) is 0 Å². The van der Waals surface area contributed by atoms with Crippen molar-refractivity contribution in [2.45, 2.75) is 23.8 Å². The SMILES string of the molecule is O=C(Nc1cccc(Br)c1)c1ccc(Cl)c(S(=O)(=O)NCC2CCCO2)c1. The summed E-state index contributed by atoms with van der Waals surface area (Å²) in [5.74, 6) is -0.430. The Hall–Kier alpha value is -1.45. The first kappa shape index (κ1) is 20.3. The Kier molecular flexibility index (Phi) is 6.54. The predicted octanol–water partition coefficient (Wildman–Crippen LogP) is 3.81. The van der Waals surface area contributed by atoms with Gasteiger partial charge in [-0.2, -0.15) is 0 Å². The van der Waals surface area contributed by atoms with Crippen LogP contribution in [0.5, 0.6) is 0 Å². The molecule has 2 N–H and O–H groups in total. The van der Waals surface area contributed by atoms with Crippen LogP contribution < -0.4 is 10.0 Å². The van der Waals surface area contributed by atoms with E-state index >= 15 is 0 Å². The van der Waals surface area contributed by atoms with Crippen molar-refractivity contribution in [2.24, 2.45) is 0 Å². The van der Waals surface area contributed by atoms with Gasteiger partial charge in [-0.05, 0) is 49.2 Å². The van der Waals surface area contributed by atoms with Crippen molar-refractivity contribution in [3.63, 3.8) is 0 Å². The van der Waals surface area contributed by atoms with E-state index in [1.807, 2.05) is 6.07 Å². The molecule has 1 heterocycles. The van der Waals surface area contributed by atoms with Gasteiger partial charge in [0.2, 0.25) is 10.0 Å². The van der Waals surface area contributed by atoms with E-state index in [0.29, 0.717) is 12.3 Å². The minimum atomic E-state index is -3.86.